The number of benzene rings is 2. The van der Waals surface area contributed by atoms with Crippen LogP contribution in [0.4, 0.5) is 11.5 Å². The lowest BCUT2D eigenvalue weighted by atomic mass is 9.79. The van der Waals surface area contributed by atoms with Crippen molar-refractivity contribution < 1.29 is 19.2 Å². The lowest BCUT2D eigenvalue weighted by molar-refractivity contribution is -0.140. The van der Waals surface area contributed by atoms with E-state index in [-0.39, 0.29) is 42.0 Å². The van der Waals surface area contributed by atoms with Crippen LogP contribution in [-0.4, -0.2) is 82.0 Å². The molecule has 11 heteroatoms. The van der Waals surface area contributed by atoms with Gasteiger partial charge in [-0.15, -0.1) is 0 Å². The molecule has 48 heavy (non-hydrogen) atoms. The van der Waals surface area contributed by atoms with E-state index in [1.807, 2.05) is 35.2 Å². The number of hydrogen-bond acceptors (Lipinski definition) is 6. The van der Waals surface area contributed by atoms with Crippen LogP contribution in [0.3, 0.4) is 0 Å². The Hall–Kier alpha value is -4.51. The van der Waals surface area contributed by atoms with Crippen LogP contribution in [0.1, 0.15) is 56.6 Å². The molecule has 1 saturated heterocycles. The molecule has 5 rings (SSSR count). The molecular weight excluding hydrogens is 606 g/mol. The molecule has 0 unspecified atom stereocenters. The van der Waals surface area contributed by atoms with Crippen molar-refractivity contribution in [3.63, 3.8) is 0 Å². The zero-order valence-corrected chi connectivity index (χ0v) is 28.4. The fraction of sp³-hybridized carbons (Fsp3) is 0.486. The zero-order chi connectivity index (χ0) is 34.0. The summed E-state index contributed by atoms with van der Waals surface area (Å²) in [6, 6.07) is 18.5. The minimum absolute atomic E-state index is 0.00976. The number of piperazine rings is 1. The van der Waals surface area contributed by atoms with Gasteiger partial charge in [-0.05, 0) is 55.5 Å². The predicted octanol–water partition coefficient (Wildman–Crippen LogP) is 4.02. The second-order valence-corrected chi connectivity index (χ2v) is 13.2. The highest BCUT2D eigenvalue weighted by molar-refractivity contribution is 6.10. The summed E-state index contributed by atoms with van der Waals surface area (Å²) in [5, 5.41) is 13.0. The number of carbonyl (C=O) groups is 4. The number of carbonyl (C=O) groups excluding carboxylic acids is 4. The second-order valence-electron chi connectivity index (χ2n) is 13.2. The third-order valence-corrected chi connectivity index (χ3v) is 9.66. The number of nitrogens with zero attached hydrogens (tertiary/aromatic N) is 4. The number of aromatic nitrogens is 2. The number of rotatable bonds is 12. The monoisotopic (exact) mass is 655 g/mol. The van der Waals surface area contributed by atoms with E-state index in [1.165, 1.54) is 5.56 Å². The number of anilines is 2. The first-order chi connectivity index (χ1) is 23.2. The third kappa shape index (κ3) is 9.09. The summed E-state index contributed by atoms with van der Waals surface area (Å²) >= 11 is 0. The molecule has 0 spiro atoms. The number of nitrogens with one attached hydrogen (secondary N) is 3. The van der Waals surface area contributed by atoms with Crippen LogP contribution in [0.15, 0.2) is 66.9 Å². The minimum Gasteiger partial charge on any atom is -0.344 e. The number of likely N-dealkylation sites (N-methyl/N-ethyl adjacent to an activating group) is 1. The Morgan fingerprint density at radius 2 is 1.56 bits per heavy atom. The first-order valence-corrected chi connectivity index (χ1v) is 17.2. The summed E-state index contributed by atoms with van der Waals surface area (Å²) in [5.41, 5.74) is 2.59. The molecule has 3 N–H and O–H groups in total. The Balaban J connectivity index is 1.28. The molecular formula is C37H49N7O4. The Kier molecular flexibility index (Phi) is 12.0. The van der Waals surface area contributed by atoms with Gasteiger partial charge in [-0.1, -0.05) is 68.7 Å². The van der Waals surface area contributed by atoms with Crippen molar-refractivity contribution in [3.8, 4) is 0 Å². The molecule has 3 aromatic rings. The van der Waals surface area contributed by atoms with Crippen LogP contribution in [0.2, 0.25) is 0 Å². The van der Waals surface area contributed by atoms with Gasteiger partial charge in [0, 0.05) is 57.3 Å². The standard InChI is InChI=1S/C37H49N7O4/c1-4-33(45)40-31(37(48)44-22-21-42(2)25-30(44)23-26-11-7-5-8-12-26)24-27-15-17-29(18-16-27)39-35(46)34(28-13-9-6-10-14-28)36(47)41-32-19-20-38-43(32)3/h5,7-8,11-12,15-20,28,30-31,34H,4,6,9-10,13-14,21-25H2,1-3H3,(H,39,46)(H,40,45)(H,41,47)/t30-,31+,34-/m0/s1. The summed E-state index contributed by atoms with van der Waals surface area (Å²) in [6.07, 6.45) is 7.70. The largest absolute Gasteiger partial charge is 0.344 e. The van der Waals surface area contributed by atoms with Gasteiger partial charge in [-0.3, -0.25) is 23.9 Å². The number of aryl methyl sites for hydroxylation is 1. The van der Waals surface area contributed by atoms with Gasteiger partial charge in [0.15, 0.2) is 0 Å². The topological polar surface area (TPSA) is 129 Å². The molecule has 4 amide bonds. The molecule has 2 fully saturated rings. The normalized spacial score (nSPS) is 18.5. The first-order valence-electron chi connectivity index (χ1n) is 17.2. The molecule has 1 saturated carbocycles. The number of amides is 4. The van der Waals surface area contributed by atoms with Crippen LogP contribution >= 0.6 is 0 Å². The smallest absolute Gasteiger partial charge is 0.245 e. The SMILES string of the molecule is CCC(=O)N[C@H](Cc1ccc(NC(=O)[C@@H](C(=O)Nc2ccnn2C)C2CCCCC2)cc1)C(=O)N1CCN(C)C[C@@H]1Cc1ccccc1. The maximum Gasteiger partial charge on any atom is 0.245 e. The van der Waals surface area contributed by atoms with Gasteiger partial charge in [-0.25, -0.2) is 0 Å². The molecule has 0 bridgehead atoms. The molecule has 2 aliphatic rings. The second kappa shape index (κ2) is 16.5. The van der Waals surface area contributed by atoms with Crippen molar-refractivity contribution in [1.29, 1.82) is 0 Å². The summed E-state index contributed by atoms with van der Waals surface area (Å²) in [5.74, 6) is -1.26. The lowest BCUT2D eigenvalue weighted by Gasteiger charge is -2.41. The average molecular weight is 656 g/mol. The van der Waals surface area contributed by atoms with Gasteiger partial charge in [0.05, 0.1) is 6.20 Å². The maximum atomic E-state index is 14.1. The van der Waals surface area contributed by atoms with E-state index in [4.69, 9.17) is 0 Å². The fourth-order valence-electron chi connectivity index (χ4n) is 6.95. The molecule has 11 nitrogen and oxygen atoms in total. The van der Waals surface area contributed by atoms with Crippen molar-refractivity contribution >= 4 is 35.1 Å². The summed E-state index contributed by atoms with van der Waals surface area (Å²) < 4.78 is 1.57. The van der Waals surface area contributed by atoms with Crippen LogP contribution in [0.5, 0.6) is 0 Å². The average Bonchev–Trinajstić information content (AvgIpc) is 3.49. The van der Waals surface area contributed by atoms with Gasteiger partial charge >= 0.3 is 0 Å². The molecule has 0 radical (unpaired) electrons. The van der Waals surface area contributed by atoms with Gasteiger partial charge < -0.3 is 25.8 Å². The van der Waals surface area contributed by atoms with Gasteiger partial charge in [-0.2, -0.15) is 5.10 Å². The van der Waals surface area contributed by atoms with E-state index in [2.05, 4.69) is 45.1 Å². The predicted molar refractivity (Wildman–Crippen MR) is 186 cm³/mol. The van der Waals surface area contributed by atoms with Crippen LogP contribution in [0.25, 0.3) is 0 Å². The maximum absolute atomic E-state index is 14.1. The van der Waals surface area contributed by atoms with Crippen LogP contribution < -0.4 is 16.0 Å². The Bertz CT molecular complexity index is 1530. The van der Waals surface area contributed by atoms with E-state index >= 15 is 0 Å². The molecule has 1 aliphatic heterocycles. The molecule has 2 aromatic carbocycles. The number of hydrogen-bond donors (Lipinski definition) is 3. The summed E-state index contributed by atoms with van der Waals surface area (Å²) in [7, 11) is 3.81. The zero-order valence-electron chi connectivity index (χ0n) is 28.4. The van der Waals surface area contributed by atoms with Crippen molar-refractivity contribution in [2.45, 2.75) is 70.4 Å². The van der Waals surface area contributed by atoms with Gasteiger partial charge in [0.1, 0.15) is 17.8 Å². The molecule has 3 atom stereocenters. The van der Waals surface area contributed by atoms with Crippen LogP contribution in [0, 0.1) is 11.8 Å². The summed E-state index contributed by atoms with van der Waals surface area (Å²) in [6.45, 7) is 3.89. The van der Waals surface area contributed by atoms with E-state index in [9.17, 15) is 19.2 Å². The highest BCUT2D eigenvalue weighted by Gasteiger charge is 2.37. The van der Waals surface area contributed by atoms with E-state index in [0.29, 0.717) is 24.5 Å². The molecule has 256 valence electrons. The third-order valence-electron chi connectivity index (χ3n) is 9.66. The Morgan fingerprint density at radius 1 is 0.854 bits per heavy atom. The quantitative estimate of drug-likeness (QED) is 0.253. The van der Waals surface area contributed by atoms with Crippen LogP contribution in [-0.2, 0) is 39.1 Å². The van der Waals surface area contributed by atoms with E-state index < -0.39 is 12.0 Å². The Labute approximate surface area is 283 Å². The van der Waals surface area contributed by atoms with Crippen molar-refractivity contribution in [1.82, 2.24) is 24.9 Å². The van der Waals surface area contributed by atoms with Gasteiger partial charge in [0.25, 0.3) is 0 Å². The van der Waals surface area contributed by atoms with E-state index in [0.717, 1.165) is 57.2 Å². The molecule has 1 aliphatic carbocycles. The minimum atomic E-state index is -0.835. The Morgan fingerprint density at radius 3 is 2.23 bits per heavy atom. The lowest BCUT2D eigenvalue weighted by Crippen LogP contribution is -2.60. The highest BCUT2D eigenvalue weighted by atomic mass is 16.2. The van der Waals surface area contributed by atoms with Crippen molar-refractivity contribution in [2.75, 3.05) is 37.3 Å². The fourth-order valence-corrected chi connectivity index (χ4v) is 6.95. The van der Waals surface area contributed by atoms with Crippen molar-refractivity contribution in [3.05, 3.63) is 78.0 Å². The first kappa shape index (κ1) is 34.8. The molecule has 2 heterocycles. The molecule has 1 aromatic heterocycles. The van der Waals surface area contributed by atoms with Gasteiger partial charge in [0.2, 0.25) is 23.6 Å². The van der Waals surface area contributed by atoms with Crippen molar-refractivity contribution in [2.24, 2.45) is 18.9 Å². The highest BCUT2D eigenvalue weighted by Crippen LogP contribution is 2.32. The van der Waals surface area contributed by atoms with E-state index in [1.54, 1.807) is 43.0 Å². The summed E-state index contributed by atoms with van der Waals surface area (Å²) in [4.78, 5) is 57.9.